The van der Waals surface area contributed by atoms with Crippen LogP contribution < -0.4 is 4.90 Å². The van der Waals surface area contributed by atoms with Crippen LogP contribution in [0.25, 0.3) is 11.1 Å². The molecule has 0 unspecified atom stereocenters. The smallest absolute Gasteiger partial charge is 0.0754 e. The number of benzene rings is 8. The SMILES string of the molecule is c1ccc(N2c3ccccc3C3(c4ccccc4-c4ccccc43)c3cc(C4(c5ccccc5)c5ccccc5Sc5ccccc54)ccc32)cc1. The summed E-state index contributed by atoms with van der Waals surface area (Å²) in [5, 5.41) is 0. The Morgan fingerprint density at radius 1 is 0.327 bits per heavy atom. The Labute approximate surface area is 308 Å². The fourth-order valence-corrected chi connectivity index (χ4v) is 10.9. The maximum Gasteiger partial charge on any atom is 0.0754 e. The molecule has 1 spiro atoms. The van der Waals surface area contributed by atoms with Crippen molar-refractivity contribution < 1.29 is 0 Å². The molecule has 1 aliphatic carbocycles. The molecule has 2 heteroatoms. The lowest BCUT2D eigenvalue weighted by Crippen LogP contribution is -2.38. The first-order chi connectivity index (χ1) is 25.8. The Kier molecular flexibility index (Phi) is 6.38. The van der Waals surface area contributed by atoms with E-state index in [1.807, 2.05) is 11.8 Å². The number of nitrogens with zero attached hydrogens (tertiary/aromatic N) is 1. The molecule has 1 nitrogen and oxygen atoms in total. The first-order valence-corrected chi connectivity index (χ1v) is 18.8. The number of hydrogen-bond donors (Lipinski definition) is 0. The van der Waals surface area contributed by atoms with Gasteiger partial charge in [0.2, 0.25) is 0 Å². The quantitative estimate of drug-likeness (QED) is 0.183. The zero-order chi connectivity index (χ0) is 34.3. The van der Waals surface area contributed by atoms with Gasteiger partial charge in [-0.15, -0.1) is 0 Å². The Morgan fingerprint density at radius 2 is 0.808 bits per heavy atom. The third-order valence-electron chi connectivity index (χ3n) is 11.6. The summed E-state index contributed by atoms with van der Waals surface area (Å²) in [5.41, 5.74) is 15.6. The van der Waals surface area contributed by atoms with Crippen LogP contribution in [0, 0.1) is 0 Å². The van der Waals surface area contributed by atoms with Crippen molar-refractivity contribution in [1.82, 2.24) is 0 Å². The lowest BCUT2D eigenvalue weighted by atomic mass is 9.61. The topological polar surface area (TPSA) is 3.24 Å². The minimum atomic E-state index is -0.540. The third kappa shape index (κ3) is 3.80. The average Bonchev–Trinajstić information content (AvgIpc) is 3.51. The van der Waals surface area contributed by atoms with E-state index >= 15 is 0 Å². The van der Waals surface area contributed by atoms with E-state index < -0.39 is 10.8 Å². The van der Waals surface area contributed by atoms with E-state index in [0.29, 0.717) is 0 Å². The van der Waals surface area contributed by atoms with Gasteiger partial charge < -0.3 is 4.90 Å². The van der Waals surface area contributed by atoms with Crippen LogP contribution in [0.1, 0.15) is 44.5 Å². The molecule has 2 aliphatic heterocycles. The van der Waals surface area contributed by atoms with Crippen LogP contribution in [0.5, 0.6) is 0 Å². The molecule has 11 rings (SSSR count). The maximum absolute atomic E-state index is 2.58. The second-order valence-corrected chi connectivity index (χ2v) is 15.1. The van der Waals surface area contributed by atoms with Crippen LogP contribution in [0.15, 0.2) is 210 Å². The summed E-state index contributed by atoms with van der Waals surface area (Å²) in [6.07, 6.45) is 0. The van der Waals surface area contributed by atoms with Crippen LogP contribution in [0.2, 0.25) is 0 Å². The van der Waals surface area contributed by atoms with Crippen LogP contribution in [-0.4, -0.2) is 0 Å². The molecule has 0 amide bonds. The summed E-state index contributed by atoms with van der Waals surface area (Å²) in [6, 6.07) is 74.8. The highest BCUT2D eigenvalue weighted by atomic mass is 32.2. The van der Waals surface area contributed by atoms with E-state index in [4.69, 9.17) is 0 Å². The normalized spacial score (nSPS) is 15.1. The van der Waals surface area contributed by atoms with E-state index in [9.17, 15) is 0 Å². The van der Waals surface area contributed by atoms with E-state index in [2.05, 4.69) is 205 Å². The fourth-order valence-electron chi connectivity index (χ4n) is 9.67. The number of hydrogen-bond acceptors (Lipinski definition) is 2. The van der Waals surface area contributed by atoms with Gasteiger partial charge in [-0.05, 0) is 92.0 Å². The molecule has 0 radical (unpaired) electrons. The average molecular weight is 680 g/mol. The summed E-state index contributed by atoms with van der Waals surface area (Å²) in [6.45, 7) is 0. The number of rotatable bonds is 3. The van der Waals surface area contributed by atoms with E-state index in [1.165, 1.54) is 76.8 Å². The van der Waals surface area contributed by atoms with Crippen LogP contribution >= 0.6 is 11.8 Å². The Hall–Kier alpha value is -6.09. The molecular formula is C50H33NS. The van der Waals surface area contributed by atoms with Crippen molar-refractivity contribution in [2.75, 3.05) is 4.90 Å². The predicted octanol–water partition coefficient (Wildman–Crippen LogP) is 12.7. The Bertz CT molecular complexity index is 2590. The minimum Gasteiger partial charge on any atom is -0.310 e. The summed E-state index contributed by atoms with van der Waals surface area (Å²) >= 11 is 1.88. The third-order valence-corrected chi connectivity index (χ3v) is 12.8. The molecule has 2 heterocycles. The zero-order valence-corrected chi connectivity index (χ0v) is 29.2. The van der Waals surface area contributed by atoms with Gasteiger partial charge in [-0.3, -0.25) is 0 Å². The standard InChI is InChI=1S/C50H33NS/c1-3-17-34(18-4-1)49(42-26-12-15-29-47(42)52-48-30-16-13-27-43(48)49)35-31-32-46-44(33-35)50(39-23-9-7-21-37(39)38-22-8-10-24-40(38)50)41-25-11-14-28-45(41)51(46)36-19-5-2-6-20-36/h1-33H. The molecule has 0 atom stereocenters. The summed E-state index contributed by atoms with van der Waals surface area (Å²) in [7, 11) is 0. The Balaban J connectivity index is 1.32. The van der Waals surface area contributed by atoms with Gasteiger partial charge in [-0.2, -0.15) is 0 Å². The van der Waals surface area contributed by atoms with Crippen molar-refractivity contribution in [3.05, 3.63) is 245 Å². The highest BCUT2D eigenvalue weighted by Gasteiger charge is 2.53. The van der Waals surface area contributed by atoms with Gasteiger partial charge in [0.1, 0.15) is 0 Å². The molecule has 0 N–H and O–H groups in total. The largest absolute Gasteiger partial charge is 0.310 e. The second-order valence-electron chi connectivity index (χ2n) is 14.0. The maximum atomic E-state index is 2.58. The zero-order valence-electron chi connectivity index (χ0n) is 28.4. The molecule has 0 fully saturated rings. The monoisotopic (exact) mass is 679 g/mol. The van der Waals surface area contributed by atoms with Crippen LogP contribution in [0.3, 0.4) is 0 Å². The highest BCUT2D eigenvalue weighted by Crippen LogP contribution is 2.64. The van der Waals surface area contributed by atoms with Gasteiger partial charge in [0.15, 0.2) is 0 Å². The molecule has 0 bridgehead atoms. The van der Waals surface area contributed by atoms with E-state index in [-0.39, 0.29) is 0 Å². The summed E-state index contributed by atoms with van der Waals surface area (Å²) in [4.78, 5) is 5.08. The minimum absolute atomic E-state index is 0.527. The van der Waals surface area contributed by atoms with Gasteiger partial charge in [0.25, 0.3) is 0 Å². The number of para-hydroxylation sites is 2. The van der Waals surface area contributed by atoms with E-state index in [1.54, 1.807) is 0 Å². The van der Waals surface area contributed by atoms with Crippen molar-refractivity contribution >= 4 is 28.8 Å². The molecule has 0 aromatic heterocycles. The first kappa shape index (κ1) is 29.6. The van der Waals surface area contributed by atoms with Crippen molar-refractivity contribution in [3.8, 4) is 11.1 Å². The van der Waals surface area contributed by atoms with Crippen LogP contribution in [-0.2, 0) is 10.8 Å². The number of fused-ring (bicyclic) bond motifs is 11. The van der Waals surface area contributed by atoms with Gasteiger partial charge in [-0.25, -0.2) is 0 Å². The second kappa shape index (κ2) is 11.2. The van der Waals surface area contributed by atoms with Crippen molar-refractivity contribution in [2.45, 2.75) is 20.6 Å². The first-order valence-electron chi connectivity index (χ1n) is 18.0. The molecule has 8 aromatic rings. The van der Waals surface area contributed by atoms with Gasteiger partial charge >= 0.3 is 0 Å². The van der Waals surface area contributed by atoms with Crippen molar-refractivity contribution in [3.63, 3.8) is 0 Å². The van der Waals surface area contributed by atoms with E-state index in [0.717, 1.165) is 5.69 Å². The molecule has 8 aromatic carbocycles. The van der Waals surface area contributed by atoms with Gasteiger partial charge in [-0.1, -0.05) is 176 Å². The number of anilines is 3. The van der Waals surface area contributed by atoms with Crippen molar-refractivity contribution in [2.24, 2.45) is 0 Å². The predicted molar refractivity (Wildman–Crippen MR) is 214 cm³/mol. The molecule has 0 saturated carbocycles. The summed E-state index contributed by atoms with van der Waals surface area (Å²) < 4.78 is 0. The van der Waals surface area contributed by atoms with Crippen molar-refractivity contribution in [1.29, 1.82) is 0 Å². The fraction of sp³-hybridized carbons (Fsp3) is 0.0400. The highest BCUT2D eigenvalue weighted by molar-refractivity contribution is 7.99. The molecule has 0 saturated heterocycles. The summed E-state index contributed by atoms with van der Waals surface area (Å²) in [5.74, 6) is 0. The van der Waals surface area contributed by atoms with Crippen LogP contribution in [0.4, 0.5) is 17.1 Å². The molecule has 52 heavy (non-hydrogen) atoms. The molecule has 3 aliphatic rings. The molecular weight excluding hydrogens is 647 g/mol. The Morgan fingerprint density at radius 3 is 1.44 bits per heavy atom. The van der Waals surface area contributed by atoms with Gasteiger partial charge in [0, 0.05) is 15.5 Å². The lowest BCUT2D eigenvalue weighted by molar-refractivity contribution is 0.692. The molecule has 244 valence electrons. The lowest BCUT2D eigenvalue weighted by Gasteiger charge is -2.47. The van der Waals surface area contributed by atoms with Gasteiger partial charge in [0.05, 0.1) is 22.2 Å².